The smallest absolute Gasteiger partial charge is 0.241 e. The fourth-order valence-electron chi connectivity index (χ4n) is 1.76. The lowest BCUT2D eigenvalue weighted by molar-refractivity contribution is 0.281. The summed E-state index contributed by atoms with van der Waals surface area (Å²) >= 11 is 5.64. The first kappa shape index (κ1) is 15.9. The van der Waals surface area contributed by atoms with Crippen molar-refractivity contribution < 1.29 is 17.9 Å². The number of halogens is 2. The van der Waals surface area contributed by atoms with Crippen molar-refractivity contribution in [2.75, 3.05) is 0 Å². The molecule has 0 aliphatic rings. The summed E-state index contributed by atoms with van der Waals surface area (Å²) < 4.78 is 40.5. The van der Waals surface area contributed by atoms with Crippen molar-refractivity contribution in [3.63, 3.8) is 0 Å². The standard InChI is InChI=1S/C12H13ClFN3O3S/c1-7(9-4-15-16-5-9)17-21(19,20)10-2-8(6-18)12(13)11(14)3-10/h2-5,7,17-18H,6H2,1H3,(H,15,16). The summed E-state index contributed by atoms with van der Waals surface area (Å²) in [5.41, 5.74) is 0.642. The van der Waals surface area contributed by atoms with Crippen molar-refractivity contribution in [3.05, 3.63) is 46.5 Å². The van der Waals surface area contributed by atoms with Crippen LogP contribution in [0, 0.1) is 5.82 Å². The van der Waals surface area contributed by atoms with Gasteiger partial charge in [0.2, 0.25) is 10.0 Å². The molecule has 1 unspecified atom stereocenters. The predicted molar refractivity (Wildman–Crippen MR) is 74.7 cm³/mol. The molecule has 1 aromatic heterocycles. The SMILES string of the molecule is CC(NS(=O)(=O)c1cc(F)c(Cl)c(CO)c1)c1cn[nH]c1. The molecule has 0 spiro atoms. The molecule has 0 saturated carbocycles. The highest BCUT2D eigenvalue weighted by molar-refractivity contribution is 7.89. The lowest BCUT2D eigenvalue weighted by Gasteiger charge is -2.14. The van der Waals surface area contributed by atoms with Crippen LogP contribution in [0.25, 0.3) is 0 Å². The third kappa shape index (κ3) is 3.41. The van der Waals surface area contributed by atoms with Gasteiger partial charge >= 0.3 is 0 Å². The summed E-state index contributed by atoms with van der Waals surface area (Å²) in [5, 5.41) is 15.1. The maximum atomic E-state index is 13.6. The van der Waals surface area contributed by atoms with Crippen molar-refractivity contribution in [3.8, 4) is 0 Å². The first-order valence-electron chi connectivity index (χ1n) is 5.95. The fraction of sp³-hybridized carbons (Fsp3) is 0.250. The van der Waals surface area contributed by atoms with Crippen molar-refractivity contribution in [1.29, 1.82) is 0 Å². The van der Waals surface area contributed by atoms with Gasteiger partial charge < -0.3 is 5.11 Å². The van der Waals surface area contributed by atoms with E-state index >= 15 is 0 Å². The zero-order valence-corrected chi connectivity index (χ0v) is 12.5. The summed E-state index contributed by atoms with van der Waals surface area (Å²) in [6.45, 7) is 1.07. The van der Waals surface area contributed by atoms with Crippen LogP contribution < -0.4 is 4.72 Å². The molecule has 9 heteroatoms. The van der Waals surface area contributed by atoms with Gasteiger partial charge in [-0.25, -0.2) is 17.5 Å². The summed E-state index contributed by atoms with van der Waals surface area (Å²) in [4.78, 5) is -0.302. The molecule has 0 saturated heterocycles. The zero-order valence-electron chi connectivity index (χ0n) is 11.0. The maximum absolute atomic E-state index is 13.6. The van der Waals surface area contributed by atoms with Gasteiger partial charge in [0.25, 0.3) is 0 Å². The molecule has 1 atom stereocenters. The molecule has 0 aliphatic heterocycles. The number of sulfonamides is 1. The summed E-state index contributed by atoms with van der Waals surface area (Å²) in [5.74, 6) is -0.903. The fourth-order valence-corrected chi connectivity index (χ4v) is 3.22. The van der Waals surface area contributed by atoms with Gasteiger partial charge in [-0.15, -0.1) is 0 Å². The molecular weight excluding hydrogens is 321 g/mol. The molecule has 0 fully saturated rings. The van der Waals surface area contributed by atoms with Crippen molar-refractivity contribution >= 4 is 21.6 Å². The number of aliphatic hydroxyl groups is 1. The van der Waals surface area contributed by atoms with Gasteiger partial charge in [-0.1, -0.05) is 11.6 Å². The Kier molecular flexibility index (Phi) is 4.62. The molecule has 3 N–H and O–H groups in total. The van der Waals surface area contributed by atoms with Crippen LogP contribution in [0.15, 0.2) is 29.4 Å². The molecule has 114 valence electrons. The average Bonchev–Trinajstić information content (AvgIpc) is 2.95. The van der Waals surface area contributed by atoms with E-state index in [1.807, 2.05) is 0 Å². The number of hydrogen-bond acceptors (Lipinski definition) is 4. The van der Waals surface area contributed by atoms with Crippen LogP contribution in [0.5, 0.6) is 0 Å². The molecule has 2 rings (SSSR count). The molecule has 21 heavy (non-hydrogen) atoms. The first-order chi connectivity index (χ1) is 9.85. The van der Waals surface area contributed by atoms with Crippen LogP contribution in [-0.2, 0) is 16.6 Å². The number of aromatic nitrogens is 2. The average molecular weight is 334 g/mol. The van der Waals surface area contributed by atoms with Crippen LogP contribution in [0.3, 0.4) is 0 Å². The zero-order chi connectivity index (χ0) is 15.6. The number of nitrogens with one attached hydrogen (secondary N) is 2. The monoisotopic (exact) mass is 333 g/mol. The largest absolute Gasteiger partial charge is 0.392 e. The molecule has 0 aliphatic carbocycles. The van der Waals surface area contributed by atoms with E-state index in [-0.39, 0.29) is 15.5 Å². The molecule has 0 amide bonds. The van der Waals surface area contributed by atoms with Crippen LogP contribution >= 0.6 is 11.6 Å². The normalized spacial score (nSPS) is 13.3. The van der Waals surface area contributed by atoms with E-state index in [2.05, 4.69) is 14.9 Å². The van der Waals surface area contributed by atoms with E-state index in [9.17, 15) is 12.8 Å². The lowest BCUT2D eigenvalue weighted by Crippen LogP contribution is -2.27. The van der Waals surface area contributed by atoms with Crippen molar-refractivity contribution in [2.24, 2.45) is 0 Å². The Bertz CT molecular complexity index is 734. The van der Waals surface area contributed by atoms with Gasteiger partial charge in [-0.2, -0.15) is 5.10 Å². The van der Waals surface area contributed by atoms with Crippen molar-refractivity contribution in [1.82, 2.24) is 14.9 Å². The number of rotatable bonds is 5. The Morgan fingerprint density at radius 3 is 2.81 bits per heavy atom. The third-order valence-electron chi connectivity index (χ3n) is 2.91. The van der Waals surface area contributed by atoms with Crippen LogP contribution in [-0.4, -0.2) is 23.7 Å². The van der Waals surface area contributed by atoms with E-state index in [1.165, 1.54) is 6.20 Å². The Balaban J connectivity index is 2.34. The molecule has 0 radical (unpaired) electrons. The third-order valence-corrected chi connectivity index (χ3v) is 4.85. The maximum Gasteiger partial charge on any atom is 0.241 e. The van der Waals surface area contributed by atoms with Gasteiger partial charge in [0.05, 0.1) is 22.7 Å². The van der Waals surface area contributed by atoms with Crippen LogP contribution in [0.1, 0.15) is 24.1 Å². The molecular formula is C12H13ClFN3O3S. The number of benzene rings is 1. The highest BCUT2D eigenvalue weighted by Gasteiger charge is 2.21. The Morgan fingerprint density at radius 1 is 1.52 bits per heavy atom. The topological polar surface area (TPSA) is 95.1 Å². The minimum atomic E-state index is -3.96. The molecule has 6 nitrogen and oxygen atoms in total. The van der Waals surface area contributed by atoms with Crippen molar-refractivity contribution in [2.45, 2.75) is 24.5 Å². The Morgan fingerprint density at radius 2 is 2.24 bits per heavy atom. The summed E-state index contributed by atoms with van der Waals surface area (Å²) in [6, 6.07) is 1.40. The van der Waals surface area contributed by atoms with Crippen LogP contribution in [0.2, 0.25) is 5.02 Å². The minimum absolute atomic E-state index is 0.00741. The molecule has 1 heterocycles. The van der Waals surface area contributed by atoms with Crippen LogP contribution in [0.4, 0.5) is 4.39 Å². The second kappa shape index (κ2) is 6.10. The van der Waals surface area contributed by atoms with Gasteiger partial charge in [0.1, 0.15) is 5.82 Å². The minimum Gasteiger partial charge on any atom is -0.392 e. The highest BCUT2D eigenvalue weighted by atomic mass is 35.5. The number of aromatic amines is 1. The number of aliphatic hydroxyl groups excluding tert-OH is 1. The number of H-pyrrole nitrogens is 1. The quantitative estimate of drug-likeness (QED) is 0.776. The lowest BCUT2D eigenvalue weighted by atomic mass is 10.2. The highest BCUT2D eigenvalue weighted by Crippen LogP contribution is 2.25. The Labute approximate surface area is 126 Å². The summed E-state index contributed by atoms with van der Waals surface area (Å²) in [6.07, 6.45) is 3.03. The van der Waals surface area contributed by atoms with Gasteiger partial charge in [-0.3, -0.25) is 5.10 Å². The van der Waals surface area contributed by atoms with E-state index in [0.29, 0.717) is 5.56 Å². The molecule has 1 aromatic carbocycles. The predicted octanol–water partition coefficient (Wildman–Crippen LogP) is 1.73. The van der Waals surface area contributed by atoms with E-state index in [4.69, 9.17) is 16.7 Å². The summed E-state index contributed by atoms with van der Waals surface area (Å²) in [7, 11) is -3.96. The number of hydrogen-bond donors (Lipinski definition) is 3. The van der Waals surface area contributed by atoms with E-state index < -0.39 is 28.5 Å². The number of nitrogens with zero attached hydrogens (tertiary/aromatic N) is 1. The van der Waals surface area contributed by atoms with Gasteiger partial charge in [0.15, 0.2) is 0 Å². The Hall–Kier alpha value is -1.48. The van der Waals surface area contributed by atoms with Gasteiger partial charge in [-0.05, 0) is 19.1 Å². The van der Waals surface area contributed by atoms with E-state index in [0.717, 1.165) is 12.1 Å². The van der Waals surface area contributed by atoms with Gasteiger partial charge in [0, 0.05) is 23.4 Å². The van der Waals surface area contributed by atoms with E-state index in [1.54, 1.807) is 13.1 Å². The first-order valence-corrected chi connectivity index (χ1v) is 7.81. The molecule has 2 aromatic rings. The molecule has 0 bridgehead atoms. The second-order valence-electron chi connectivity index (χ2n) is 4.41. The second-order valence-corrected chi connectivity index (χ2v) is 6.50.